The Bertz CT molecular complexity index is 249. The molecule has 98 valence electrons. The molecular formula is C14H25NO2. The molecule has 1 saturated carbocycles. The van der Waals surface area contributed by atoms with Crippen molar-refractivity contribution in [2.45, 2.75) is 70.4 Å². The average Bonchev–Trinajstić information content (AvgIpc) is 2.82. The van der Waals surface area contributed by atoms with Gasteiger partial charge in [-0.1, -0.05) is 19.8 Å². The lowest BCUT2D eigenvalue weighted by atomic mass is 9.86. The highest BCUT2D eigenvalue weighted by Crippen LogP contribution is 2.24. The van der Waals surface area contributed by atoms with Gasteiger partial charge in [0.05, 0.1) is 6.10 Å². The fourth-order valence-corrected chi connectivity index (χ4v) is 2.97. The molecule has 0 radical (unpaired) electrons. The number of carbonyl (C=O) groups excluding carboxylic acids is 1. The van der Waals surface area contributed by atoms with Crippen LogP contribution in [-0.4, -0.2) is 24.7 Å². The Labute approximate surface area is 104 Å². The van der Waals surface area contributed by atoms with Crippen LogP contribution in [0.15, 0.2) is 0 Å². The van der Waals surface area contributed by atoms with Crippen molar-refractivity contribution in [1.82, 2.24) is 5.32 Å². The van der Waals surface area contributed by atoms with Crippen molar-refractivity contribution in [3.05, 3.63) is 0 Å². The van der Waals surface area contributed by atoms with Crippen molar-refractivity contribution in [1.29, 1.82) is 0 Å². The first-order valence-corrected chi connectivity index (χ1v) is 7.16. The first-order valence-electron chi connectivity index (χ1n) is 7.16. The summed E-state index contributed by atoms with van der Waals surface area (Å²) in [5.74, 6) is 0.870. The summed E-state index contributed by atoms with van der Waals surface area (Å²) >= 11 is 0. The predicted octanol–water partition coefficient (Wildman–Crippen LogP) is 2.64. The molecule has 0 aromatic rings. The first-order chi connectivity index (χ1) is 8.25. The number of carbonyl (C=O) groups is 1. The lowest BCUT2D eigenvalue weighted by Gasteiger charge is -2.29. The van der Waals surface area contributed by atoms with E-state index in [1.165, 1.54) is 19.3 Å². The van der Waals surface area contributed by atoms with Gasteiger partial charge in [0.1, 0.15) is 0 Å². The fourth-order valence-electron chi connectivity index (χ4n) is 2.97. The molecule has 2 rings (SSSR count). The standard InChI is InChI=1S/C14H25NO2/c1-11-5-2-3-7-13(11)15-14(16)9-8-12-6-4-10-17-12/h11-13H,2-10H2,1H3,(H,15,16). The Hall–Kier alpha value is -0.570. The third kappa shape index (κ3) is 3.98. The molecule has 3 heteroatoms. The minimum atomic E-state index is 0.222. The van der Waals surface area contributed by atoms with Crippen LogP contribution < -0.4 is 5.32 Å². The van der Waals surface area contributed by atoms with Gasteiger partial charge < -0.3 is 10.1 Å². The second-order valence-corrected chi connectivity index (χ2v) is 5.61. The molecule has 0 aromatic carbocycles. The molecular weight excluding hydrogens is 214 g/mol. The number of hydrogen-bond donors (Lipinski definition) is 1. The van der Waals surface area contributed by atoms with Crippen molar-refractivity contribution >= 4 is 5.91 Å². The van der Waals surface area contributed by atoms with Crippen molar-refractivity contribution in [2.24, 2.45) is 5.92 Å². The van der Waals surface area contributed by atoms with Crippen molar-refractivity contribution in [3.63, 3.8) is 0 Å². The van der Waals surface area contributed by atoms with E-state index in [2.05, 4.69) is 12.2 Å². The van der Waals surface area contributed by atoms with Crippen molar-refractivity contribution < 1.29 is 9.53 Å². The molecule has 3 nitrogen and oxygen atoms in total. The number of amides is 1. The second kappa shape index (κ2) is 6.39. The molecule has 1 N–H and O–H groups in total. The van der Waals surface area contributed by atoms with E-state index in [1.54, 1.807) is 0 Å². The minimum Gasteiger partial charge on any atom is -0.378 e. The van der Waals surface area contributed by atoms with Crippen molar-refractivity contribution in [3.8, 4) is 0 Å². The van der Waals surface area contributed by atoms with Crippen LogP contribution in [-0.2, 0) is 9.53 Å². The molecule has 3 unspecified atom stereocenters. The number of hydrogen-bond acceptors (Lipinski definition) is 2. The van der Waals surface area contributed by atoms with Gasteiger partial charge in [-0.25, -0.2) is 0 Å². The van der Waals surface area contributed by atoms with E-state index < -0.39 is 0 Å². The molecule has 3 atom stereocenters. The maximum atomic E-state index is 11.8. The maximum absolute atomic E-state index is 11.8. The van der Waals surface area contributed by atoms with Gasteiger partial charge in [0.25, 0.3) is 0 Å². The molecule has 1 amide bonds. The van der Waals surface area contributed by atoms with Gasteiger partial charge in [0, 0.05) is 19.1 Å². The summed E-state index contributed by atoms with van der Waals surface area (Å²) in [7, 11) is 0. The number of nitrogens with one attached hydrogen (secondary N) is 1. The highest BCUT2D eigenvalue weighted by atomic mass is 16.5. The Kier molecular flexibility index (Phi) is 4.84. The van der Waals surface area contributed by atoms with Gasteiger partial charge in [0.2, 0.25) is 5.91 Å². The molecule has 1 aliphatic carbocycles. The van der Waals surface area contributed by atoms with Gasteiger partial charge in [-0.2, -0.15) is 0 Å². The normalized spacial score (nSPS) is 33.6. The first kappa shape index (κ1) is 12.9. The Balaban J connectivity index is 1.65. The zero-order valence-corrected chi connectivity index (χ0v) is 10.9. The summed E-state index contributed by atoms with van der Waals surface area (Å²) in [4.78, 5) is 11.8. The number of ether oxygens (including phenoxy) is 1. The second-order valence-electron chi connectivity index (χ2n) is 5.61. The summed E-state index contributed by atoms with van der Waals surface area (Å²) in [6.07, 6.45) is 9.16. The average molecular weight is 239 g/mol. The van der Waals surface area contributed by atoms with Gasteiger partial charge in [-0.15, -0.1) is 0 Å². The molecule has 0 bridgehead atoms. The van der Waals surface area contributed by atoms with Crippen LogP contribution in [0.2, 0.25) is 0 Å². The smallest absolute Gasteiger partial charge is 0.220 e. The quantitative estimate of drug-likeness (QED) is 0.819. The highest BCUT2D eigenvalue weighted by molar-refractivity contribution is 5.76. The minimum absolute atomic E-state index is 0.222. The van der Waals surface area contributed by atoms with Gasteiger partial charge in [0.15, 0.2) is 0 Å². The topological polar surface area (TPSA) is 38.3 Å². The monoisotopic (exact) mass is 239 g/mol. The van der Waals surface area contributed by atoms with Crippen LogP contribution in [0.3, 0.4) is 0 Å². The molecule has 0 aromatic heterocycles. The molecule has 2 aliphatic rings. The van der Waals surface area contributed by atoms with Crippen LogP contribution in [0, 0.1) is 5.92 Å². The third-order valence-electron chi connectivity index (χ3n) is 4.18. The van der Waals surface area contributed by atoms with Crippen LogP contribution >= 0.6 is 0 Å². The largest absolute Gasteiger partial charge is 0.378 e. The van der Waals surface area contributed by atoms with E-state index in [0.29, 0.717) is 24.5 Å². The summed E-state index contributed by atoms with van der Waals surface area (Å²) in [6.45, 7) is 3.14. The molecule has 0 spiro atoms. The van der Waals surface area contributed by atoms with E-state index in [9.17, 15) is 4.79 Å². The van der Waals surface area contributed by atoms with E-state index >= 15 is 0 Å². The summed E-state index contributed by atoms with van der Waals surface area (Å²) in [5.41, 5.74) is 0. The third-order valence-corrected chi connectivity index (χ3v) is 4.18. The van der Waals surface area contributed by atoms with E-state index in [-0.39, 0.29) is 5.91 Å². The van der Waals surface area contributed by atoms with Gasteiger partial charge in [-0.05, 0) is 38.0 Å². The zero-order valence-electron chi connectivity index (χ0n) is 10.9. The summed E-state index contributed by atoms with van der Waals surface area (Å²) in [5, 5.41) is 3.20. The SMILES string of the molecule is CC1CCCCC1NC(=O)CCC1CCCO1. The van der Waals surface area contributed by atoms with E-state index in [0.717, 1.165) is 32.3 Å². The van der Waals surface area contributed by atoms with Crippen LogP contribution in [0.1, 0.15) is 58.3 Å². The fraction of sp³-hybridized carbons (Fsp3) is 0.929. The molecule has 2 fully saturated rings. The predicted molar refractivity (Wildman–Crippen MR) is 67.8 cm³/mol. The Morgan fingerprint density at radius 2 is 2.06 bits per heavy atom. The van der Waals surface area contributed by atoms with E-state index in [4.69, 9.17) is 4.74 Å². The van der Waals surface area contributed by atoms with Crippen molar-refractivity contribution in [2.75, 3.05) is 6.61 Å². The van der Waals surface area contributed by atoms with Crippen LogP contribution in [0.4, 0.5) is 0 Å². The Morgan fingerprint density at radius 3 is 2.76 bits per heavy atom. The zero-order chi connectivity index (χ0) is 12.1. The van der Waals surface area contributed by atoms with Crippen LogP contribution in [0.25, 0.3) is 0 Å². The maximum Gasteiger partial charge on any atom is 0.220 e. The molecule has 1 aliphatic heterocycles. The van der Waals surface area contributed by atoms with Crippen LogP contribution in [0.5, 0.6) is 0 Å². The number of rotatable bonds is 4. The lowest BCUT2D eigenvalue weighted by Crippen LogP contribution is -2.41. The lowest BCUT2D eigenvalue weighted by molar-refractivity contribution is -0.123. The summed E-state index contributed by atoms with van der Waals surface area (Å²) < 4.78 is 5.53. The molecule has 1 heterocycles. The van der Waals surface area contributed by atoms with Gasteiger partial charge >= 0.3 is 0 Å². The van der Waals surface area contributed by atoms with Gasteiger partial charge in [-0.3, -0.25) is 4.79 Å². The van der Waals surface area contributed by atoms with E-state index in [1.807, 2.05) is 0 Å². The summed E-state index contributed by atoms with van der Waals surface area (Å²) in [6, 6.07) is 0.417. The Morgan fingerprint density at radius 1 is 1.24 bits per heavy atom. The molecule has 1 saturated heterocycles. The molecule has 17 heavy (non-hydrogen) atoms. The highest BCUT2D eigenvalue weighted by Gasteiger charge is 2.23.